The van der Waals surface area contributed by atoms with E-state index in [1.807, 2.05) is 6.92 Å². The molecule has 1 aromatic heterocycles. The maximum Gasteiger partial charge on any atom is 0.131 e. The summed E-state index contributed by atoms with van der Waals surface area (Å²) in [7, 11) is 0. The fourth-order valence-electron chi connectivity index (χ4n) is 1.74. The van der Waals surface area contributed by atoms with Crippen molar-refractivity contribution in [3.05, 3.63) is 46.2 Å². The van der Waals surface area contributed by atoms with Gasteiger partial charge in [0.2, 0.25) is 0 Å². The molecule has 1 heterocycles. The van der Waals surface area contributed by atoms with Crippen molar-refractivity contribution in [2.45, 2.75) is 19.6 Å². The number of rotatable bonds is 5. The van der Waals surface area contributed by atoms with E-state index in [9.17, 15) is 5.11 Å². The molecule has 1 atom stereocenters. The second-order valence-electron chi connectivity index (χ2n) is 3.97. The van der Waals surface area contributed by atoms with Gasteiger partial charge in [-0.25, -0.2) is 0 Å². The molecule has 102 valence electrons. The molecule has 0 aliphatic rings. The zero-order valence-corrected chi connectivity index (χ0v) is 11.9. The van der Waals surface area contributed by atoms with E-state index in [-0.39, 0.29) is 6.61 Å². The third-order valence-corrected chi connectivity index (χ3v) is 3.21. The average Bonchev–Trinajstić information content (AvgIpc) is 2.79. The summed E-state index contributed by atoms with van der Waals surface area (Å²) in [5.74, 6) is 0.641. The van der Waals surface area contributed by atoms with Gasteiger partial charge in [-0.05, 0) is 31.2 Å². The first-order valence-corrected chi connectivity index (χ1v) is 6.65. The zero-order valence-electron chi connectivity index (χ0n) is 10.4. The molecule has 6 heteroatoms. The summed E-state index contributed by atoms with van der Waals surface area (Å²) in [5, 5.41) is 15.3. The second kappa shape index (κ2) is 6.28. The number of hydrogen-bond acceptors (Lipinski definition) is 3. The summed E-state index contributed by atoms with van der Waals surface area (Å²) in [5.41, 5.74) is 0.568. The van der Waals surface area contributed by atoms with Crippen LogP contribution in [0.1, 0.15) is 18.7 Å². The van der Waals surface area contributed by atoms with Gasteiger partial charge in [-0.1, -0.05) is 23.2 Å². The Kier molecular flexibility index (Phi) is 4.69. The molecule has 0 spiro atoms. The van der Waals surface area contributed by atoms with E-state index in [4.69, 9.17) is 27.9 Å². The fraction of sp³-hybridized carbons (Fsp3) is 0.308. The van der Waals surface area contributed by atoms with Crippen LogP contribution in [0.2, 0.25) is 10.0 Å². The van der Waals surface area contributed by atoms with E-state index in [0.29, 0.717) is 28.0 Å². The van der Waals surface area contributed by atoms with Gasteiger partial charge in [0.05, 0.1) is 16.9 Å². The molecule has 2 aromatic rings. The summed E-state index contributed by atoms with van der Waals surface area (Å²) in [6.07, 6.45) is 0.692. The van der Waals surface area contributed by atoms with Gasteiger partial charge in [0.25, 0.3) is 0 Å². The minimum absolute atomic E-state index is 0.104. The van der Waals surface area contributed by atoms with Gasteiger partial charge in [-0.15, -0.1) is 0 Å². The topological polar surface area (TPSA) is 47.3 Å². The van der Waals surface area contributed by atoms with Gasteiger partial charge in [-0.2, -0.15) is 5.10 Å². The molecule has 0 fully saturated rings. The maximum absolute atomic E-state index is 10.1. The molecule has 1 unspecified atom stereocenters. The standard InChI is InChI=1S/C13H14Cl2N2O2/c1-2-17-13(11(15)7-16-17)12(18)8-19-10-5-3-9(14)4-6-10/h3-7,12,18H,2,8H2,1H3. The number of ether oxygens (including phenoxy) is 1. The van der Waals surface area contributed by atoms with E-state index in [0.717, 1.165) is 0 Å². The largest absolute Gasteiger partial charge is 0.490 e. The normalized spacial score (nSPS) is 12.4. The van der Waals surface area contributed by atoms with E-state index < -0.39 is 6.10 Å². The predicted molar refractivity (Wildman–Crippen MR) is 74.8 cm³/mol. The van der Waals surface area contributed by atoms with E-state index in [1.165, 1.54) is 6.20 Å². The highest BCUT2D eigenvalue weighted by Crippen LogP contribution is 2.24. The highest BCUT2D eigenvalue weighted by molar-refractivity contribution is 6.31. The molecule has 0 saturated heterocycles. The van der Waals surface area contributed by atoms with Crippen molar-refractivity contribution in [2.75, 3.05) is 6.61 Å². The third-order valence-electron chi connectivity index (χ3n) is 2.67. The van der Waals surface area contributed by atoms with Gasteiger partial charge in [0.1, 0.15) is 18.5 Å². The molecule has 19 heavy (non-hydrogen) atoms. The molecule has 1 aromatic carbocycles. The number of nitrogens with zero attached hydrogens (tertiary/aromatic N) is 2. The third kappa shape index (κ3) is 3.41. The van der Waals surface area contributed by atoms with Crippen LogP contribution in [-0.2, 0) is 6.54 Å². The summed E-state index contributed by atoms with van der Waals surface area (Å²) in [6.45, 7) is 2.67. The van der Waals surface area contributed by atoms with Crippen LogP contribution in [0.25, 0.3) is 0 Å². The average molecular weight is 301 g/mol. The highest BCUT2D eigenvalue weighted by Gasteiger charge is 2.18. The Morgan fingerprint density at radius 2 is 2.00 bits per heavy atom. The monoisotopic (exact) mass is 300 g/mol. The number of benzene rings is 1. The number of hydrogen-bond donors (Lipinski definition) is 1. The number of aryl methyl sites for hydroxylation is 1. The number of aliphatic hydroxyl groups is 1. The van der Waals surface area contributed by atoms with Crippen LogP contribution < -0.4 is 4.74 Å². The summed E-state index contributed by atoms with van der Waals surface area (Å²) in [4.78, 5) is 0. The first-order chi connectivity index (χ1) is 9.11. The lowest BCUT2D eigenvalue weighted by molar-refractivity contribution is 0.100. The summed E-state index contributed by atoms with van der Waals surface area (Å²) >= 11 is 11.8. The lowest BCUT2D eigenvalue weighted by Crippen LogP contribution is -2.15. The van der Waals surface area contributed by atoms with Crippen molar-refractivity contribution < 1.29 is 9.84 Å². The van der Waals surface area contributed by atoms with Gasteiger partial charge in [0.15, 0.2) is 0 Å². The van der Waals surface area contributed by atoms with Crippen molar-refractivity contribution in [1.29, 1.82) is 0 Å². The van der Waals surface area contributed by atoms with Crippen molar-refractivity contribution >= 4 is 23.2 Å². The Balaban J connectivity index is 2.03. The van der Waals surface area contributed by atoms with Crippen LogP contribution in [0, 0.1) is 0 Å². The van der Waals surface area contributed by atoms with Crippen molar-refractivity contribution in [1.82, 2.24) is 9.78 Å². The molecule has 0 bridgehead atoms. The summed E-state index contributed by atoms with van der Waals surface area (Å²) in [6, 6.07) is 6.95. The number of aromatic nitrogens is 2. The van der Waals surface area contributed by atoms with Crippen LogP contribution in [0.3, 0.4) is 0 Å². The number of halogens is 2. The highest BCUT2D eigenvalue weighted by atomic mass is 35.5. The van der Waals surface area contributed by atoms with Gasteiger partial charge >= 0.3 is 0 Å². The molecule has 1 N–H and O–H groups in total. The first-order valence-electron chi connectivity index (χ1n) is 5.89. The minimum atomic E-state index is -0.828. The summed E-state index contributed by atoms with van der Waals surface area (Å²) < 4.78 is 7.14. The van der Waals surface area contributed by atoms with Gasteiger partial charge in [-0.3, -0.25) is 4.68 Å². The molecule has 0 aliphatic carbocycles. The van der Waals surface area contributed by atoms with Crippen molar-refractivity contribution in [3.8, 4) is 5.75 Å². The van der Waals surface area contributed by atoms with Crippen molar-refractivity contribution in [3.63, 3.8) is 0 Å². The smallest absolute Gasteiger partial charge is 0.131 e. The van der Waals surface area contributed by atoms with E-state index in [1.54, 1.807) is 28.9 Å². The lowest BCUT2D eigenvalue weighted by atomic mass is 10.2. The Morgan fingerprint density at radius 1 is 1.32 bits per heavy atom. The molecule has 0 radical (unpaired) electrons. The van der Waals surface area contributed by atoms with E-state index in [2.05, 4.69) is 5.10 Å². The SMILES string of the molecule is CCn1ncc(Cl)c1C(O)COc1ccc(Cl)cc1. The van der Waals surface area contributed by atoms with Crippen LogP contribution in [0.15, 0.2) is 30.5 Å². The Morgan fingerprint density at radius 3 is 2.63 bits per heavy atom. The Hall–Kier alpha value is -1.23. The van der Waals surface area contributed by atoms with Crippen LogP contribution in [0.5, 0.6) is 5.75 Å². The Bertz CT molecular complexity index is 540. The van der Waals surface area contributed by atoms with Crippen LogP contribution >= 0.6 is 23.2 Å². The molecular formula is C13H14Cl2N2O2. The van der Waals surface area contributed by atoms with Gasteiger partial charge < -0.3 is 9.84 Å². The van der Waals surface area contributed by atoms with Gasteiger partial charge in [0, 0.05) is 11.6 Å². The quantitative estimate of drug-likeness (QED) is 0.921. The molecule has 2 rings (SSSR count). The lowest BCUT2D eigenvalue weighted by Gasteiger charge is -2.14. The molecule has 0 saturated carbocycles. The molecule has 0 amide bonds. The zero-order chi connectivity index (χ0) is 13.8. The second-order valence-corrected chi connectivity index (χ2v) is 4.82. The Labute approximate surface area is 121 Å². The minimum Gasteiger partial charge on any atom is -0.490 e. The molecule has 4 nitrogen and oxygen atoms in total. The van der Waals surface area contributed by atoms with Crippen LogP contribution in [0.4, 0.5) is 0 Å². The predicted octanol–water partition coefficient (Wildman–Crippen LogP) is 3.32. The molecule has 0 aliphatic heterocycles. The fourth-order valence-corrected chi connectivity index (χ4v) is 2.13. The first kappa shape index (κ1) is 14.2. The van der Waals surface area contributed by atoms with Crippen LogP contribution in [-0.4, -0.2) is 21.5 Å². The van der Waals surface area contributed by atoms with E-state index >= 15 is 0 Å². The molecular weight excluding hydrogens is 287 g/mol. The van der Waals surface area contributed by atoms with Crippen molar-refractivity contribution in [2.24, 2.45) is 0 Å². The number of aliphatic hydroxyl groups excluding tert-OH is 1. The maximum atomic E-state index is 10.1.